The third-order valence-electron chi connectivity index (χ3n) is 3.31. The van der Waals surface area contributed by atoms with Crippen LogP contribution in [-0.2, 0) is 7.05 Å². The van der Waals surface area contributed by atoms with Crippen LogP contribution in [0.25, 0.3) is 11.3 Å². The number of aromatic nitrogens is 3. The minimum atomic E-state index is -0.358. The first-order chi connectivity index (χ1) is 11.1. The number of nitrogens with zero attached hydrogens (tertiary/aromatic N) is 3. The molecule has 1 amide bonds. The predicted molar refractivity (Wildman–Crippen MR) is 89.5 cm³/mol. The van der Waals surface area contributed by atoms with Crippen LogP contribution in [-0.4, -0.2) is 26.9 Å². The van der Waals surface area contributed by atoms with E-state index in [1.54, 1.807) is 24.4 Å². The molecule has 3 aromatic rings. The van der Waals surface area contributed by atoms with Crippen LogP contribution in [0.15, 0.2) is 53.8 Å². The monoisotopic (exact) mass is 327 g/mol. The lowest BCUT2D eigenvalue weighted by molar-refractivity contribution is 0.0950. The van der Waals surface area contributed by atoms with E-state index in [0.29, 0.717) is 16.4 Å². The van der Waals surface area contributed by atoms with Crippen LogP contribution in [0.1, 0.15) is 16.2 Å². The molecule has 23 heavy (non-hydrogen) atoms. The van der Waals surface area contributed by atoms with E-state index in [9.17, 15) is 4.79 Å². The van der Waals surface area contributed by atoms with Gasteiger partial charge in [0, 0.05) is 23.8 Å². The molecular formula is C16H14ClN5O. The summed E-state index contributed by atoms with van der Waals surface area (Å²) in [6, 6.07) is 12.7. The molecule has 7 heteroatoms. The summed E-state index contributed by atoms with van der Waals surface area (Å²) in [6.07, 6.45) is 3.48. The molecule has 3 rings (SSSR count). The summed E-state index contributed by atoms with van der Waals surface area (Å²) in [5.74, 6) is -0.358. The Hall–Kier alpha value is -2.86. The number of hydrogen-bond donors (Lipinski definition) is 2. The summed E-state index contributed by atoms with van der Waals surface area (Å²) in [7, 11) is 1.90. The fraction of sp³-hybridized carbons (Fsp3) is 0.0625. The van der Waals surface area contributed by atoms with Crippen molar-refractivity contribution in [3.63, 3.8) is 0 Å². The molecule has 0 atom stereocenters. The van der Waals surface area contributed by atoms with E-state index < -0.39 is 0 Å². The quantitative estimate of drug-likeness (QED) is 0.571. The lowest BCUT2D eigenvalue weighted by atomic mass is 10.1. The molecule has 0 aliphatic carbocycles. The topological polar surface area (TPSA) is 75.1 Å². The van der Waals surface area contributed by atoms with Crippen LogP contribution in [0.3, 0.4) is 0 Å². The van der Waals surface area contributed by atoms with E-state index in [4.69, 9.17) is 11.6 Å². The van der Waals surface area contributed by atoms with Crippen molar-refractivity contribution >= 4 is 23.7 Å². The number of rotatable bonds is 4. The molecule has 116 valence electrons. The third kappa shape index (κ3) is 3.49. The normalized spacial score (nSPS) is 11.0. The average Bonchev–Trinajstić information content (AvgIpc) is 3.18. The van der Waals surface area contributed by atoms with Gasteiger partial charge in [0.15, 0.2) is 0 Å². The number of aryl methyl sites for hydroxylation is 1. The first-order valence-corrected chi connectivity index (χ1v) is 7.27. The van der Waals surface area contributed by atoms with Crippen LogP contribution in [0.4, 0.5) is 0 Å². The number of halogens is 1. The Balaban J connectivity index is 1.68. The van der Waals surface area contributed by atoms with Gasteiger partial charge in [-0.25, -0.2) is 5.43 Å². The molecule has 0 spiro atoms. The van der Waals surface area contributed by atoms with Crippen molar-refractivity contribution in [1.29, 1.82) is 0 Å². The van der Waals surface area contributed by atoms with Crippen LogP contribution in [0.5, 0.6) is 0 Å². The first-order valence-electron chi connectivity index (χ1n) is 6.89. The molecule has 0 saturated heterocycles. The number of amides is 1. The largest absolute Gasteiger partial charge is 0.350 e. The van der Waals surface area contributed by atoms with Gasteiger partial charge in [-0.2, -0.15) is 10.2 Å². The van der Waals surface area contributed by atoms with E-state index in [-0.39, 0.29) is 5.91 Å². The van der Waals surface area contributed by atoms with Crippen molar-refractivity contribution in [3.8, 4) is 11.3 Å². The standard InChI is InChI=1S/C16H14ClN5O/c1-22-8-2-3-13(22)10-18-21-16(23)15-9-14(19-20-15)11-4-6-12(17)7-5-11/h2-10H,1H3,(H,19,20)(H,21,23). The van der Waals surface area contributed by atoms with Crippen molar-refractivity contribution < 1.29 is 4.79 Å². The minimum absolute atomic E-state index is 0.332. The van der Waals surface area contributed by atoms with Crippen LogP contribution in [0.2, 0.25) is 5.02 Å². The highest BCUT2D eigenvalue weighted by Gasteiger charge is 2.10. The van der Waals surface area contributed by atoms with E-state index in [1.807, 2.05) is 42.1 Å². The lowest BCUT2D eigenvalue weighted by Crippen LogP contribution is -2.18. The Kier molecular flexibility index (Phi) is 4.25. The fourth-order valence-corrected chi connectivity index (χ4v) is 2.16. The second kappa shape index (κ2) is 6.50. The van der Waals surface area contributed by atoms with Gasteiger partial charge in [-0.05, 0) is 30.3 Å². The van der Waals surface area contributed by atoms with Gasteiger partial charge in [0.1, 0.15) is 5.69 Å². The van der Waals surface area contributed by atoms with Crippen molar-refractivity contribution in [2.24, 2.45) is 12.1 Å². The summed E-state index contributed by atoms with van der Waals surface area (Å²) >= 11 is 5.86. The zero-order valence-corrected chi connectivity index (χ0v) is 13.1. The Morgan fingerprint density at radius 3 is 2.83 bits per heavy atom. The number of nitrogens with one attached hydrogen (secondary N) is 2. The molecule has 0 radical (unpaired) electrons. The number of carbonyl (C=O) groups is 1. The van der Waals surface area contributed by atoms with Gasteiger partial charge < -0.3 is 4.57 Å². The van der Waals surface area contributed by atoms with Crippen LogP contribution >= 0.6 is 11.6 Å². The zero-order valence-electron chi connectivity index (χ0n) is 12.3. The Labute approximate surface area is 137 Å². The number of H-pyrrole nitrogens is 1. The molecule has 0 bridgehead atoms. The second-order valence-corrected chi connectivity index (χ2v) is 5.35. The van der Waals surface area contributed by atoms with Crippen molar-refractivity contribution in [2.45, 2.75) is 0 Å². The van der Waals surface area contributed by atoms with Gasteiger partial charge in [-0.15, -0.1) is 0 Å². The summed E-state index contributed by atoms with van der Waals surface area (Å²) in [4.78, 5) is 12.0. The molecule has 6 nitrogen and oxygen atoms in total. The molecule has 0 unspecified atom stereocenters. The number of benzene rings is 1. The number of aromatic amines is 1. The predicted octanol–water partition coefficient (Wildman–Crippen LogP) is 2.83. The average molecular weight is 328 g/mol. The van der Waals surface area contributed by atoms with E-state index in [1.165, 1.54) is 0 Å². The van der Waals surface area contributed by atoms with Crippen LogP contribution in [0, 0.1) is 0 Å². The van der Waals surface area contributed by atoms with Gasteiger partial charge >= 0.3 is 0 Å². The van der Waals surface area contributed by atoms with Gasteiger partial charge in [0.25, 0.3) is 5.91 Å². The first kappa shape index (κ1) is 15.1. The second-order valence-electron chi connectivity index (χ2n) is 4.92. The van der Waals surface area contributed by atoms with Gasteiger partial charge in [-0.3, -0.25) is 9.89 Å². The van der Waals surface area contributed by atoms with Gasteiger partial charge in [0.2, 0.25) is 0 Å². The van der Waals surface area contributed by atoms with Gasteiger partial charge in [-0.1, -0.05) is 23.7 Å². The maximum Gasteiger partial charge on any atom is 0.289 e. The summed E-state index contributed by atoms with van der Waals surface area (Å²) in [5.41, 5.74) is 5.22. The fourth-order valence-electron chi connectivity index (χ4n) is 2.03. The Bertz CT molecular complexity index is 847. The van der Waals surface area contributed by atoms with E-state index >= 15 is 0 Å². The van der Waals surface area contributed by atoms with E-state index in [2.05, 4.69) is 20.7 Å². The minimum Gasteiger partial charge on any atom is -0.350 e. The molecule has 2 heterocycles. The zero-order chi connectivity index (χ0) is 16.2. The maximum absolute atomic E-state index is 12.0. The highest BCUT2D eigenvalue weighted by Crippen LogP contribution is 2.20. The summed E-state index contributed by atoms with van der Waals surface area (Å²) in [5, 5.41) is 11.4. The third-order valence-corrected chi connectivity index (χ3v) is 3.56. The Morgan fingerprint density at radius 1 is 1.35 bits per heavy atom. The molecule has 0 fully saturated rings. The number of hydrogen-bond acceptors (Lipinski definition) is 3. The highest BCUT2D eigenvalue weighted by atomic mass is 35.5. The molecule has 0 aliphatic rings. The lowest BCUT2D eigenvalue weighted by Gasteiger charge is -1.97. The van der Waals surface area contributed by atoms with Gasteiger partial charge in [0.05, 0.1) is 17.6 Å². The maximum atomic E-state index is 12.0. The van der Waals surface area contributed by atoms with Crippen molar-refractivity contribution in [2.75, 3.05) is 0 Å². The number of hydrazone groups is 1. The summed E-state index contributed by atoms with van der Waals surface area (Å²) in [6.45, 7) is 0. The smallest absolute Gasteiger partial charge is 0.289 e. The van der Waals surface area contributed by atoms with Crippen LogP contribution < -0.4 is 5.43 Å². The molecule has 2 N–H and O–H groups in total. The molecule has 0 saturated carbocycles. The molecule has 1 aromatic carbocycles. The molecule has 2 aromatic heterocycles. The van der Waals surface area contributed by atoms with E-state index in [0.717, 1.165) is 11.3 Å². The van der Waals surface area contributed by atoms with Crippen molar-refractivity contribution in [1.82, 2.24) is 20.2 Å². The highest BCUT2D eigenvalue weighted by molar-refractivity contribution is 6.30. The molecule has 0 aliphatic heterocycles. The Morgan fingerprint density at radius 2 is 2.13 bits per heavy atom. The van der Waals surface area contributed by atoms with Crippen molar-refractivity contribution in [3.05, 3.63) is 65.1 Å². The molecular weight excluding hydrogens is 314 g/mol. The SMILES string of the molecule is Cn1cccc1C=NNC(=O)c1cc(-c2ccc(Cl)cc2)n[nH]1. The number of carbonyl (C=O) groups excluding carboxylic acids is 1. The summed E-state index contributed by atoms with van der Waals surface area (Å²) < 4.78 is 1.89.